The Morgan fingerprint density at radius 1 is 1.20 bits per heavy atom. The standard InChI is InChI=1S/C15H32N4.HI/c1-5-15(9-7-10-15)13-18-14(16-6-2)17-11-8-12-19(3)4;/h5-13H2,1-4H3,(H2,16,17,18);1H. The van der Waals surface area contributed by atoms with E-state index in [2.05, 4.69) is 43.5 Å². The summed E-state index contributed by atoms with van der Waals surface area (Å²) < 4.78 is 0. The topological polar surface area (TPSA) is 39.7 Å². The first-order valence-corrected chi connectivity index (χ1v) is 7.79. The van der Waals surface area contributed by atoms with Crippen LogP contribution in [0.2, 0.25) is 0 Å². The summed E-state index contributed by atoms with van der Waals surface area (Å²) in [5.41, 5.74) is 0.506. The molecule has 0 spiro atoms. The van der Waals surface area contributed by atoms with E-state index in [0.29, 0.717) is 5.41 Å². The predicted octanol–water partition coefficient (Wildman–Crippen LogP) is 2.69. The number of rotatable bonds is 8. The zero-order valence-corrected chi connectivity index (χ0v) is 16.0. The smallest absolute Gasteiger partial charge is 0.191 e. The van der Waals surface area contributed by atoms with Crippen molar-refractivity contribution in [3.05, 3.63) is 0 Å². The second-order valence-electron chi connectivity index (χ2n) is 5.99. The normalized spacial score (nSPS) is 17.4. The lowest BCUT2D eigenvalue weighted by atomic mass is 9.67. The summed E-state index contributed by atoms with van der Waals surface area (Å²) in [5.74, 6) is 0.987. The van der Waals surface area contributed by atoms with Crippen molar-refractivity contribution in [2.75, 3.05) is 40.3 Å². The summed E-state index contributed by atoms with van der Waals surface area (Å²) in [6, 6.07) is 0. The number of guanidine groups is 1. The molecular weight excluding hydrogens is 363 g/mol. The molecule has 20 heavy (non-hydrogen) atoms. The van der Waals surface area contributed by atoms with Crippen molar-refractivity contribution in [3.63, 3.8) is 0 Å². The van der Waals surface area contributed by atoms with Crippen LogP contribution in [0.3, 0.4) is 0 Å². The minimum absolute atomic E-state index is 0. The molecule has 0 saturated heterocycles. The number of nitrogens with zero attached hydrogens (tertiary/aromatic N) is 2. The second-order valence-corrected chi connectivity index (χ2v) is 5.99. The van der Waals surface area contributed by atoms with Crippen LogP contribution in [0.15, 0.2) is 4.99 Å². The molecule has 0 unspecified atom stereocenters. The van der Waals surface area contributed by atoms with E-state index >= 15 is 0 Å². The fourth-order valence-corrected chi connectivity index (χ4v) is 2.49. The largest absolute Gasteiger partial charge is 0.357 e. The van der Waals surface area contributed by atoms with Gasteiger partial charge in [0.05, 0.1) is 0 Å². The lowest BCUT2D eigenvalue weighted by Gasteiger charge is -2.40. The molecule has 1 rings (SSSR count). The summed E-state index contributed by atoms with van der Waals surface area (Å²) in [5, 5.41) is 6.77. The van der Waals surface area contributed by atoms with Crippen molar-refractivity contribution in [2.45, 2.75) is 46.0 Å². The van der Waals surface area contributed by atoms with Gasteiger partial charge in [-0.3, -0.25) is 4.99 Å². The van der Waals surface area contributed by atoms with E-state index in [9.17, 15) is 0 Å². The van der Waals surface area contributed by atoms with E-state index in [1.54, 1.807) is 0 Å². The lowest BCUT2D eigenvalue weighted by Crippen LogP contribution is -2.40. The molecule has 0 aromatic rings. The van der Waals surface area contributed by atoms with Crippen LogP contribution in [-0.4, -0.2) is 51.1 Å². The molecule has 1 aliphatic carbocycles. The maximum atomic E-state index is 4.78. The highest BCUT2D eigenvalue weighted by molar-refractivity contribution is 14.0. The third-order valence-corrected chi connectivity index (χ3v) is 4.16. The summed E-state index contributed by atoms with van der Waals surface area (Å²) in [6.45, 7) is 8.43. The van der Waals surface area contributed by atoms with Crippen LogP contribution >= 0.6 is 24.0 Å². The van der Waals surface area contributed by atoms with Gasteiger partial charge in [-0.1, -0.05) is 13.3 Å². The van der Waals surface area contributed by atoms with E-state index in [4.69, 9.17) is 4.99 Å². The Labute approximate surface area is 142 Å². The Bertz CT molecular complexity index is 270. The summed E-state index contributed by atoms with van der Waals surface area (Å²) in [7, 11) is 4.22. The third-order valence-electron chi connectivity index (χ3n) is 4.16. The Kier molecular flexibility index (Phi) is 10.6. The van der Waals surface area contributed by atoms with Gasteiger partial charge in [-0.15, -0.1) is 24.0 Å². The Morgan fingerprint density at radius 3 is 2.35 bits per heavy atom. The number of halogens is 1. The van der Waals surface area contributed by atoms with E-state index in [-0.39, 0.29) is 24.0 Å². The molecule has 5 heteroatoms. The van der Waals surface area contributed by atoms with Crippen molar-refractivity contribution in [1.82, 2.24) is 15.5 Å². The van der Waals surface area contributed by atoms with Crippen LogP contribution < -0.4 is 10.6 Å². The van der Waals surface area contributed by atoms with Crippen LogP contribution in [0.4, 0.5) is 0 Å². The minimum atomic E-state index is 0. The van der Waals surface area contributed by atoms with Gasteiger partial charge in [0, 0.05) is 19.6 Å². The second kappa shape index (κ2) is 10.7. The monoisotopic (exact) mass is 396 g/mol. The highest BCUT2D eigenvalue weighted by atomic mass is 127. The van der Waals surface area contributed by atoms with Gasteiger partial charge in [-0.2, -0.15) is 0 Å². The highest BCUT2D eigenvalue weighted by Crippen LogP contribution is 2.43. The lowest BCUT2D eigenvalue weighted by molar-refractivity contribution is 0.139. The first-order valence-electron chi connectivity index (χ1n) is 7.79. The Morgan fingerprint density at radius 2 is 1.90 bits per heavy atom. The molecule has 120 valence electrons. The van der Waals surface area contributed by atoms with E-state index in [1.807, 2.05) is 0 Å². The van der Waals surface area contributed by atoms with Crippen LogP contribution in [0, 0.1) is 5.41 Å². The molecule has 1 saturated carbocycles. The van der Waals surface area contributed by atoms with Gasteiger partial charge in [0.2, 0.25) is 0 Å². The van der Waals surface area contributed by atoms with Crippen molar-refractivity contribution < 1.29 is 0 Å². The third kappa shape index (κ3) is 7.11. The molecule has 0 aromatic heterocycles. The van der Waals surface area contributed by atoms with Gasteiger partial charge in [0.25, 0.3) is 0 Å². The number of hydrogen-bond donors (Lipinski definition) is 2. The molecule has 2 N–H and O–H groups in total. The average molecular weight is 396 g/mol. The molecule has 0 bridgehead atoms. The van der Waals surface area contributed by atoms with E-state index < -0.39 is 0 Å². The summed E-state index contributed by atoms with van der Waals surface area (Å²) in [6.07, 6.45) is 6.50. The van der Waals surface area contributed by atoms with Crippen molar-refractivity contribution in [2.24, 2.45) is 10.4 Å². The summed E-state index contributed by atoms with van der Waals surface area (Å²) >= 11 is 0. The molecule has 4 nitrogen and oxygen atoms in total. The Balaban J connectivity index is 0.00000361. The van der Waals surface area contributed by atoms with Crippen molar-refractivity contribution >= 4 is 29.9 Å². The fraction of sp³-hybridized carbons (Fsp3) is 0.933. The van der Waals surface area contributed by atoms with E-state index in [0.717, 1.165) is 38.6 Å². The maximum absolute atomic E-state index is 4.78. The van der Waals surface area contributed by atoms with Gasteiger partial charge in [-0.25, -0.2) is 0 Å². The quantitative estimate of drug-likeness (QED) is 0.287. The molecule has 0 aliphatic heterocycles. The molecule has 0 atom stereocenters. The molecule has 0 aromatic carbocycles. The van der Waals surface area contributed by atoms with Gasteiger partial charge >= 0.3 is 0 Å². The van der Waals surface area contributed by atoms with Crippen LogP contribution in [0.1, 0.15) is 46.0 Å². The zero-order valence-electron chi connectivity index (χ0n) is 13.7. The number of nitrogens with one attached hydrogen (secondary N) is 2. The van der Waals surface area contributed by atoms with Crippen LogP contribution in [-0.2, 0) is 0 Å². The Hall–Kier alpha value is -0.0400. The van der Waals surface area contributed by atoms with Crippen molar-refractivity contribution in [3.8, 4) is 0 Å². The molecule has 1 aliphatic rings. The van der Waals surface area contributed by atoms with Crippen LogP contribution in [0.25, 0.3) is 0 Å². The summed E-state index contributed by atoms with van der Waals surface area (Å²) in [4.78, 5) is 6.99. The highest BCUT2D eigenvalue weighted by Gasteiger charge is 2.34. The molecule has 1 fully saturated rings. The average Bonchev–Trinajstić information content (AvgIpc) is 2.33. The van der Waals surface area contributed by atoms with Gasteiger partial charge in [0.1, 0.15) is 0 Å². The van der Waals surface area contributed by atoms with Gasteiger partial charge in [0.15, 0.2) is 5.96 Å². The fourth-order valence-electron chi connectivity index (χ4n) is 2.49. The predicted molar refractivity (Wildman–Crippen MR) is 99.1 cm³/mol. The van der Waals surface area contributed by atoms with Crippen LogP contribution in [0.5, 0.6) is 0 Å². The first kappa shape index (κ1) is 20.0. The van der Waals surface area contributed by atoms with Gasteiger partial charge < -0.3 is 15.5 Å². The number of hydrogen-bond acceptors (Lipinski definition) is 2. The molecular formula is C15H33IN4. The maximum Gasteiger partial charge on any atom is 0.191 e. The first-order chi connectivity index (χ1) is 9.12. The molecule has 0 heterocycles. The SMILES string of the molecule is CCNC(=NCC1(CC)CCC1)NCCCN(C)C.I. The zero-order chi connectivity index (χ0) is 14.1. The molecule has 0 radical (unpaired) electrons. The van der Waals surface area contributed by atoms with Gasteiger partial charge in [-0.05, 0) is 58.7 Å². The molecule has 0 amide bonds. The van der Waals surface area contributed by atoms with Crippen molar-refractivity contribution in [1.29, 1.82) is 0 Å². The number of aliphatic imine (C=N–C) groups is 1. The van der Waals surface area contributed by atoms with E-state index in [1.165, 1.54) is 25.7 Å². The minimum Gasteiger partial charge on any atom is -0.357 e.